The van der Waals surface area contributed by atoms with Crippen molar-refractivity contribution in [3.05, 3.63) is 109 Å². The van der Waals surface area contributed by atoms with Gasteiger partial charge in [-0.25, -0.2) is 4.79 Å². The molecule has 6 atom stereocenters. The maximum absolute atomic E-state index is 13.2. The third kappa shape index (κ3) is 49.1. The van der Waals surface area contributed by atoms with Crippen molar-refractivity contribution in [3.8, 4) is 0 Å². The van der Waals surface area contributed by atoms with Gasteiger partial charge in [-0.1, -0.05) is 239 Å². The molecule has 0 spiro atoms. The van der Waals surface area contributed by atoms with Gasteiger partial charge in [-0.05, 0) is 128 Å². The van der Waals surface area contributed by atoms with Gasteiger partial charge < -0.3 is 39.0 Å². The standard InChI is InChI=1S/C73H120O12/c1-4-7-10-13-16-19-22-25-28-31-33-36-38-41-44-47-50-53-56-59-65(74)81-62-64(83-66(75)60-57-54-51-48-45-42-39-35-30-27-24-21-18-15-12-9-6-3)63-82-73-71(69(78)68(77)70(85-73)72(79)80)84-67(76)61-58-55-52-49-46-43-40-37-34-32-29-26-23-20-17-14-11-8-5-2/h8,11,16-21,25-30,34,37,43,46,64,68-71,73,77-78H,4-7,9-10,12-15,22-24,31-33,35-36,38-42,44-45,47-63H2,1-3H3,(H,79,80)/b11-8-,19-16-,20-17-,21-18-,28-25-,29-26-,30-27-,37-34-,46-43-. The number of ether oxygens (including phenoxy) is 5. The predicted molar refractivity (Wildman–Crippen MR) is 349 cm³/mol. The molecule has 0 radical (unpaired) electrons. The Bertz CT molecular complexity index is 1890. The van der Waals surface area contributed by atoms with Crippen molar-refractivity contribution in [2.75, 3.05) is 13.2 Å². The number of carboxylic acids is 1. The van der Waals surface area contributed by atoms with Gasteiger partial charge in [-0.15, -0.1) is 0 Å². The molecule has 484 valence electrons. The Hall–Kier alpha value is -4.62. The van der Waals surface area contributed by atoms with Crippen molar-refractivity contribution in [1.82, 2.24) is 0 Å². The largest absolute Gasteiger partial charge is 0.479 e. The van der Waals surface area contributed by atoms with Crippen LogP contribution in [0.1, 0.15) is 278 Å². The summed E-state index contributed by atoms with van der Waals surface area (Å²) < 4.78 is 28.5. The first-order valence-corrected chi connectivity index (χ1v) is 33.9. The van der Waals surface area contributed by atoms with E-state index in [0.717, 1.165) is 141 Å². The SMILES string of the molecule is CC/C=C\C/C=C\C/C=C\C/C=C\C/C=C\CCCCCC(=O)OC1C(OCC(COC(=O)CCCCCCCCCCC/C=C\C/C=C\CCCCC)OC(=O)CCCCCCCCC/C=C\C/C=C\CCCCC)OC(C(=O)O)C(O)C1O. The van der Waals surface area contributed by atoms with E-state index in [-0.39, 0.29) is 25.9 Å². The Morgan fingerprint density at radius 2 is 0.741 bits per heavy atom. The smallest absolute Gasteiger partial charge is 0.335 e. The first kappa shape index (κ1) is 78.4. The fraction of sp³-hybridized carbons (Fsp3) is 0.699. The van der Waals surface area contributed by atoms with Gasteiger partial charge in [0.25, 0.3) is 0 Å². The highest BCUT2D eigenvalue weighted by Crippen LogP contribution is 2.26. The number of allylic oxidation sites excluding steroid dienone is 18. The van der Waals surface area contributed by atoms with Crippen LogP contribution in [0.25, 0.3) is 0 Å². The number of aliphatic hydroxyl groups excluding tert-OH is 2. The zero-order chi connectivity index (χ0) is 61.7. The molecular formula is C73H120O12. The number of unbranched alkanes of at least 4 members (excludes halogenated alkanes) is 25. The van der Waals surface area contributed by atoms with Crippen molar-refractivity contribution < 1.29 is 58.2 Å². The van der Waals surface area contributed by atoms with E-state index in [2.05, 4.69) is 130 Å². The molecule has 1 saturated heterocycles. The minimum Gasteiger partial charge on any atom is -0.479 e. The van der Waals surface area contributed by atoms with Gasteiger partial charge in [-0.3, -0.25) is 14.4 Å². The molecule has 85 heavy (non-hydrogen) atoms. The molecule has 0 amide bonds. The highest BCUT2D eigenvalue weighted by molar-refractivity contribution is 5.74. The number of esters is 3. The van der Waals surface area contributed by atoms with Gasteiger partial charge in [0.2, 0.25) is 0 Å². The van der Waals surface area contributed by atoms with Gasteiger partial charge in [0.15, 0.2) is 24.6 Å². The molecule has 1 fully saturated rings. The average Bonchev–Trinajstić information content (AvgIpc) is 2.79. The van der Waals surface area contributed by atoms with Gasteiger partial charge >= 0.3 is 23.9 Å². The van der Waals surface area contributed by atoms with E-state index in [0.29, 0.717) is 19.3 Å². The van der Waals surface area contributed by atoms with Crippen molar-refractivity contribution in [2.24, 2.45) is 0 Å². The van der Waals surface area contributed by atoms with Crippen LogP contribution >= 0.6 is 0 Å². The molecular weight excluding hydrogens is 1070 g/mol. The summed E-state index contributed by atoms with van der Waals surface area (Å²) in [6.07, 6.45) is 68.9. The van der Waals surface area contributed by atoms with Crippen LogP contribution in [0.4, 0.5) is 0 Å². The second-order valence-electron chi connectivity index (χ2n) is 22.7. The van der Waals surface area contributed by atoms with Gasteiger partial charge in [-0.2, -0.15) is 0 Å². The second kappa shape index (κ2) is 59.7. The Balaban J connectivity index is 2.68. The number of hydrogen-bond donors (Lipinski definition) is 3. The normalized spacial score (nSPS) is 18.2. The van der Waals surface area contributed by atoms with Crippen LogP contribution in [0.5, 0.6) is 0 Å². The van der Waals surface area contributed by atoms with E-state index in [4.69, 9.17) is 23.7 Å². The van der Waals surface area contributed by atoms with E-state index in [1.165, 1.54) is 77.0 Å². The lowest BCUT2D eigenvalue weighted by Crippen LogP contribution is -2.61. The Morgan fingerprint density at radius 3 is 1.14 bits per heavy atom. The number of aliphatic hydroxyl groups is 2. The van der Waals surface area contributed by atoms with Crippen molar-refractivity contribution in [1.29, 1.82) is 0 Å². The molecule has 1 aliphatic rings. The predicted octanol–water partition coefficient (Wildman–Crippen LogP) is 18.6. The molecule has 1 heterocycles. The fourth-order valence-electron chi connectivity index (χ4n) is 9.63. The van der Waals surface area contributed by atoms with Crippen molar-refractivity contribution in [3.63, 3.8) is 0 Å². The molecule has 0 aliphatic carbocycles. The molecule has 3 N–H and O–H groups in total. The minimum absolute atomic E-state index is 0.0155. The van der Waals surface area contributed by atoms with Crippen LogP contribution in [-0.4, -0.2) is 89.2 Å². The van der Waals surface area contributed by atoms with E-state index >= 15 is 0 Å². The third-order valence-electron chi connectivity index (χ3n) is 14.8. The second-order valence-corrected chi connectivity index (χ2v) is 22.7. The van der Waals surface area contributed by atoms with Crippen molar-refractivity contribution in [2.45, 2.75) is 314 Å². The molecule has 0 aromatic heterocycles. The van der Waals surface area contributed by atoms with E-state index < -0.39 is 67.3 Å². The summed E-state index contributed by atoms with van der Waals surface area (Å²) in [7, 11) is 0. The molecule has 12 heteroatoms. The van der Waals surface area contributed by atoms with Gasteiger partial charge in [0, 0.05) is 19.3 Å². The number of hydrogen-bond acceptors (Lipinski definition) is 11. The summed E-state index contributed by atoms with van der Waals surface area (Å²) in [5, 5.41) is 31.6. The maximum Gasteiger partial charge on any atom is 0.335 e. The summed E-state index contributed by atoms with van der Waals surface area (Å²) in [4.78, 5) is 51.4. The highest BCUT2D eigenvalue weighted by Gasteiger charge is 2.50. The monoisotopic (exact) mass is 1190 g/mol. The quantitative estimate of drug-likeness (QED) is 0.0228. The molecule has 0 aromatic carbocycles. The molecule has 6 unspecified atom stereocenters. The highest BCUT2D eigenvalue weighted by atomic mass is 16.7. The number of rotatable bonds is 57. The average molecular weight is 1190 g/mol. The zero-order valence-electron chi connectivity index (χ0n) is 53.6. The minimum atomic E-state index is -1.92. The molecule has 1 aliphatic heterocycles. The van der Waals surface area contributed by atoms with E-state index in [1.807, 2.05) is 0 Å². The van der Waals surface area contributed by atoms with Crippen LogP contribution in [-0.2, 0) is 42.9 Å². The molecule has 0 saturated carbocycles. The van der Waals surface area contributed by atoms with Gasteiger partial charge in [0.1, 0.15) is 18.8 Å². The van der Waals surface area contributed by atoms with Crippen LogP contribution < -0.4 is 0 Å². The van der Waals surface area contributed by atoms with Crippen LogP contribution in [0.3, 0.4) is 0 Å². The number of aliphatic carboxylic acids is 1. The third-order valence-corrected chi connectivity index (χ3v) is 14.8. The number of carbonyl (C=O) groups excluding carboxylic acids is 3. The Labute approximate surface area is 516 Å². The summed E-state index contributed by atoms with van der Waals surface area (Å²) in [6.45, 7) is 5.83. The number of carboxylic acid groups (broad SMARTS) is 1. The molecule has 12 nitrogen and oxygen atoms in total. The molecule has 1 rings (SSSR count). The van der Waals surface area contributed by atoms with Crippen LogP contribution in [0.2, 0.25) is 0 Å². The lowest BCUT2D eigenvalue weighted by Gasteiger charge is -2.40. The first-order chi connectivity index (χ1) is 41.6. The zero-order valence-corrected chi connectivity index (χ0v) is 53.6. The Morgan fingerprint density at radius 1 is 0.400 bits per heavy atom. The van der Waals surface area contributed by atoms with E-state index in [9.17, 15) is 34.5 Å². The van der Waals surface area contributed by atoms with Crippen LogP contribution in [0, 0.1) is 0 Å². The van der Waals surface area contributed by atoms with E-state index in [1.54, 1.807) is 0 Å². The van der Waals surface area contributed by atoms with Crippen LogP contribution in [0.15, 0.2) is 109 Å². The summed E-state index contributed by atoms with van der Waals surface area (Å²) in [5.41, 5.74) is 0. The fourth-order valence-corrected chi connectivity index (χ4v) is 9.63. The molecule has 0 aromatic rings. The first-order valence-electron chi connectivity index (χ1n) is 33.9. The lowest BCUT2D eigenvalue weighted by atomic mass is 9.98. The summed E-state index contributed by atoms with van der Waals surface area (Å²) in [5.74, 6) is -3.18. The van der Waals surface area contributed by atoms with Crippen molar-refractivity contribution >= 4 is 23.9 Å². The lowest BCUT2D eigenvalue weighted by molar-refractivity contribution is -0.301. The number of carbonyl (C=O) groups is 4. The maximum atomic E-state index is 13.2. The topological polar surface area (TPSA) is 175 Å². The molecule has 0 bridgehead atoms. The van der Waals surface area contributed by atoms with Gasteiger partial charge in [0.05, 0.1) is 6.61 Å². The summed E-state index contributed by atoms with van der Waals surface area (Å²) in [6, 6.07) is 0. The Kier molecular flexibility index (Phi) is 55.1. The summed E-state index contributed by atoms with van der Waals surface area (Å²) >= 11 is 0.